The largest absolute Gasteiger partial charge is 0.396 e. The van der Waals surface area contributed by atoms with Crippen LogP contribution in [-0.4, -0.2) is 23.7 Å². The molecule has 3 nitrogen and oxygen atoms in total. The van der Waals surface area contributed by atoms with Crippen molar-refractivity contribution in [1.29, 1.82) is 0 Å². The van der Waals surface area contributed by atoms with E-state index in [1.54, 1.807) is 0 Å². The fraction of sp³-hybridized carbons (Fsp3) is 0.933. The van der Waals surface area contributed by atoms with Crippen LogP contribution in [0.1, 0.15) is 71.1 Å². The van der Waals surface area contributed by atoms with Crippen molar-refractivity contribution < 1.29 is 9.90 Å². The number of nitrogens with one attached hydrogen (secondary N) is 1. The Bertz CT molecular complexity index is 225. The van der Waals surface area contributed by atoms with Crippen LogP contribution in [0.15, 0.2) is 0 Å². The van der Waals surface area contributed by atoms with E-state index >= 15 is 0 Å². The first-order valence-corrected chi connectivity index (χ1v) is 7.66. The van der Waals surface area contributed by atoms with Gasteiger partial charge in [-0.1, -0.05) is 39.0 Å². The van der Waals surface area contributed by atoms with Crippen LogP contribution in [0.25, 0.3) is 0 Å². The third-order valence-electron chi connectivity index (χ3n) is 4.08. The fourth-order valence-electron chi connectivity index (χ4n) is 2.86. The van der Waals surface area contributed by atoms with Gasteiger partial charge >= 0.3 is 0 Å². The van der Waals surface area contributed by atoms with Crippen LogP contribution >= 0.6 is 0 Å². The average molecular weight is 255 g/mol. The summed E-state index contributed by atoms with van der Waals surface area (Å²) < 4.78 is 0. The van der Waals surface area contributed by atoms with Crippen molar-refractivity contribution in [2.45, 2.75) is 77.2 Å². The molecule has 0 aromatic heterocycles. The smallest absolute Gasteiger partial charge is 0.220 e. The van der Waals surface area contributed by atoms with Crippen LogP contribution in [0.4, 0.5) is 0 Å². The molecule has 0 bridgehead atoms. The minimum absolute atomic E-state index is 0.150. The van der Waals surface area contributed by atoms with Crippen LogP contribution in [0.3, 0.4) is 0 Å². The molecular formula is C15H29NO2. The molecule has 1 atom stereocenters. The molecule has 106 valence electrons. The van der Waals surface area contributed by atoms with Gasteiger partial charge < -0.3 is 10.4 Å². The Hall–Kier alpha value is -0.570. The Labute approximate surface area is 111 Å². The Morgan fingerprint density at radius 1 is 1.33 bits per heavy atom. The Kier molecular flexibility index (Phi) is 8.06. The maximum absolute atomic E-state index is 11.7. The van der Waals surface area contributed by atoms with Crippen LogP contribution in [0.2, 0.25) is 0 Å². The number of carbonyl (C=O) groups excluding carboxylic acids is 1. The van der Waals surface area contributed by atoms with Gasteiger partial charge in [0.25, 0.3) is 0 Å². The van der Waals surface area contributed by atoms with E-state index in [0.29, 0.717) is 12.8 Å². The zero-order chi connectivity index (χ0) is 13.2. The summed E-state index contributed by atoms with van der Waals surface area (Å²) >= 11 is 0. The number of aliphatic hydroxyl groups excluding tert-OH is 1. The second kappa shape index (κ2) is 9.37. The predicted octanol–water partition coefficient (Wildman–Crippen LogP) is 3.01. The maximum Gasteiger partial charge on any atom is 0.220 e. The van der Waals surface area contributed by atoms with Crippen molar-refractivity contribution in [3.05, 3.63) is 0 Å². The minimum atomic E-state index is 0.150. The zero-order valence-corrected chi connectivity index (χ0v) is 11.8. The highest BCUT2D eigenvalue weighted by Gasteiger charge is 2.14. The van der Waals surface area contributed by atoms with Gasteiger partial charge in [-0.15, -0.1) is 0 Å². The maximum atomic E-state index is 11.7. The van der Waals surface area contributed by atoms with E-state index in [1.807, 2.05) is 6.92 Å². The number of aliphatic hydroxyl groups is 1. The first kappa shape index (κ1) is 15.5. The standard InChI is InChI=1S/C15H29NO2/c1-2-14(11-12-17)16-15(18)10-6-9-13-7-4-3-5-8-13/h13-14,17H,2-12H2,1H3,(H,16,18). The molecule has 1 amide bonds. The summed E-state index contributed by atoms with van der Waals surface area (Å²) in [6.45, 7) is 2.20. The average Bonchev–Trinajstić information content (AvgIpc) is 2.39. The van der Waals surface area contributed by atoms with Crippen molar-refractivity contribution >= 4 is 5.91 Å². The number of amides is 1. The second-order valence-corrected chi connectivity index (χ2v) is 5.58. The van der Waals surface area contributed by atoms with E-state index in [2.05, 4.69) is 5.32 Å². The van der Waals surface area contributed by atoms with Crippen LogP contribution in [0.5, 0.6) is 0 Å². The van der Waals surface area contributed by atoms with Gasteiger partial charge in [-0.25, -0.2) is 0 Å². The third-order valence-corrected chi connectivity index (χ3v) is 4.08. The lowest BCUT2D eigenvalue weighted by Crippen LogP contribution is -2.34. The zero-order valence-electron chi connectivity index (χ0n) is 11.8. The molecule has 1 rings (SSSR count). The van der Waals surface area contributed by atoms with E-state index in [-0.39, 0.29) is 18.6 Å². The van der Waals surface area contributed by atoms with Gasteiger partial charge in [0.15, 0.2) is 0 Å². The normalized spacial score (nSPS) is 18.6. The van der Waals surface area contributed by atoms with Crippen LogP contribution < -0.4 is 5.32 Å². The lowest BCUT2D eigenvalue weighted by atomic mass is 9.86. The molecule has 0 radical (unpaired) electrons. The van der Waals surface area contributed by atoms with Crippen molar-refractivity contribution in [2.75, 3.05) is 6.61 Å². The van der Waals surface area contributed by atoms with Crippen molar-refractivity contribution in [3.8, 4) is 0 Å². The fourth-order valence-corrected chi connectivity index (χ4v) is 2.86. The van der Waals surface area contributed by atoms with Gasteiger partial charge in [0, 0.05) is 19.1 Å². The van der Waals surface area contributed by atoms with E-state index in [9.17, 15) is 4.79 Å². The quantitative estimate of drug-likeness (QED) is 0.700. The summed E-state index contributed by atoms with van der Waals surface area (Å²) in [5.41, 5.74) is 0. The highest BCUT2D eigenvalue weighted by molar-refractivity contribution is 5.76. The van der Waals surface area contributed by atoms with E-state index in [0.717, 1.165) is 18.8 Å². The van der Waals surface area contributed by atoms with Crippen molar-refractivity contribution in [2.24, 2.45) is 5.92 Å². The topological polar surface area (TPSA) is 49.3 Å². The lowest BCUT2D eigenvalue weighted by Gasteiger charge is -2.21. The second-order valence-electron chi connectivity index (χ2n) is 5.58. The summed E-state index contributed by atoms with van der Waals surface area (Å²) in [6.07, 6.45) is 11.3. The van der Waals surface area contributed by atoms with Gasteiger partial charge in [0.2, 0.25) is 5.91 Å². The van der Waals surface area contributed by atoms with Crippen molar-refractivity contribution in [3.63, 3.8) is 0 Å². The van der Waals surface area contributed by atoms with Crippen LogP contribution in [0, 0.1) is 5.92 Å². The van der Waals surface area contributed by atoms with Crippen LogP contribution in [-0.2, 0) is 4.79 Å². The van der Waals surface area contributed by atoms with Gasteiger partial charge in [0.1, 0.15) is 0 Å². The Balaban J connectivity index is 2.08. The molecule has 1 aliphatic carbocycles. The van der Waals surface area contributed by atoms with E-state index < -0.39 is 0 Å². The van der Waals surface area contributed by atoms with Gasteiger partial charge in [-0.2, -0.15) is 0 Å². The minimum Gasteiger partial charge on any atom is -0.396 e. The first-order chi connectivity index (χ1) is 8.76. The Morgan fingerprint density at radius 2 is 2.06 bits per heavy atom. The number of carbonyl (C=O) groups is 1. The molecule has 3 heteroatoms. The molecule has 1 unspecified atom stereocenters. The monoisotopic (exact) mass is 255 g/mol. The number of hydrogen-bond acceptors (Lipinski definition) is 2. The molecule has 1 fully saturated rings. The van der Waals surface area contributed by atoms with E-state index in [4.69, 9.17) is 5.11 Å². The molecule has 1 aliphatic rings. The molecule has 0 aromatic carbocycles. The number of rotatable bonds is 8. The molecule has 0 saturated heterocycles. The molecule has 1 saturated carbocycles. The van der Waals surface area contributed by atoms with Gasteiger partial charge in [-0.05, 0) is 31.6 Å². The van der Waals surface area contributed by atoms with Gasteiger partial charge in [0.05, 0.1) is 0 Å². The summed E-state index contributed by atoms with van der Waals surface area (Å²) in [5, 5.41) is 11.9. The van der Waals surface area contributed by atoms with Crippen molar-refractivity contribution in [1.82, 2.24) is 5.32 Å². The predicted molar refractivity (Wildman–Crippen MR) is 74.4 cm³/mol. The first-order valence-electron chi connectivity index (χ1n) is 7.66. The highest BCUT2D eigenvalue weighted by atomic mass is 16.3. The molecule has 0 spiro atoms. The number of hydrogen-bond donors (Lipinski definition) is 2. The molecule has 18 heavy (non-hydrogen) atoms. The molecular weight excluding hydrogens is 226 g/mol. The third kappa shape index (κ3) is 6.39. The molecule has 0 aliphatic heterocycles. The summed E-state index contributed by atoms with van der Waals surface area (Å²) in [7, 11) is 0. The highest BCUT2D eigenvalue weighted by Crippen LogP contribution is 2.27. The molecule has 0 heterocycles. The Morgan fingerprint density at radius 3 is 2.67 bits per heavy atom. The summed E-state index contributed by atoms with van der Waals surface area (Å²) in [4.78, 5) is 11.7. The summed E-state index contributed by atoms with van der Waals surface area (Å²) in [5.74, 6) is 1.03. The SMILES string of the molecule is CCC(CCO)NC(=O)CCCC1CCCCC1. The van der Waals surface area contributed by atoms with E-state index in [1.165, 1.54) is 38.5 Å². The lowest BCUT2D eigenvalue weighted by molar-refractivity contribution is -0.122. The van der Waals surface area contributed by atoms with Gasteiger partial charge in [-0.3, -0.25) is 4.79 Å². The molecule has 2 N–H and O–H groups in total. The summed E-state index contributed by atoms with van der Waals surface area (Å²) in [6, 6.07) is 0.150. The molecule has 0 aromatic rings.